The van der Waals surface area contributed by atoms with Crippen LogP contribution in [0.2, 0.25) is 5.02 Å². The maximum absolute atomic E-state index is 5.79. The van der Waals surface area contributed by atoms with Gasteiger partial charge in [0, 0.05) is 10.6 Å². The molecule has 0 spiro atoms. The Morgan fingerprint density at radius 2 is 2.20 bits per heavy atom. The lowest BCUT2D eigenvalue weighted by atomic mass is 10.1. The lowest BCUT2D eigenvalue weighted by molar-refractivity contribution is 1.43. The van der Waals surface area contributed by atoms with Crippen LogP contribution >= 0.6 is 11.6 Å². The quantitative estimate of drug-likeness (QED) is 0.579. The molecule has 0 nitrogen and oxygen atoms in total. The van der Waals surface area contributed by atoms with Crippen molar-refractivity contribution in [3.63, 3.8) is 0 Å². The van der Waals surface area contributed by atoms with Crippen molar-refractivity contribution < 1.29 is 0 Å². The average molecular weight is 152 g/mol. The number of hydrogen-bond acceptors (Lipinski definition) is 0. The molecule has 0 atom stereocenters. The second-order valence-electron chi connectivity index (χ2n) is 2.16. The fourth-order valence-corrected chi connectivity index (χ4v) is 0.959. The maximum Gasteiger partial charge on any atom is 0.0484 e. The van der Waals surface area contributed by atoms with Crippen molar-refractivity contribution in [2.24, 2.45) is 0 Å². The smallest absolute Gasteiger partial charge is 0.0484 e. The van der Waals surface area contributed by atoms with Gasteiger partial charge in [0.15, 0.2) is 0 Å². The van der Waals surface area contributed by atoms with Gasteiger partial charge in [-0.3, -0.25) is 0 Å². The first-order valence-electron chi connectivity index (χ1n) is 3.03. The summed E-state index contributed by atoms with van der Waals surface area (Å²) in [4.78, 5) is 0. The van der Waals surface area contributed by atoms with Gasteiger partial charge in [0.2, 0.25) is 0 Å². The van der Waals surface area contributed by atoms with Crippen LogP contribution in [0.1, 0.15) is 11.1 Å². The summed E-state index contributed by atoms with van der Waals surface area (Å²) >= 11 is 5.79. The van der Waals surface area contributed by atoms with Gasteiger partial charge >= 0.3 is 0 Å². The standard InChI is InChI=1S/C9H8Cl/c1-3-8-6-7(2)4-5-9(8)10/h4-6H,1H2,2H3. The first-order valence-corrected chi connectivity index (χ1v) is 3.41. The summed E-state index contributed by atoms with van der Waals surface area (Å²) in [7, 11) is 0. The molecule has 1 radical (unpaired) electrons. The number of benzene rings is 1. The van der Waals surface area contributed by atoms with Gasteiger partial charge in [-0.15, -0.1) is 0 Å². The molecule has 0 unspecified atom stereocenters. The van der Waals surface area contributed by atoms with Crippen molar-refractivity contribution >= 4 is 11.6 Å². The normalized spacial score (nSPS) is 9.40. The number of aryl methyl sites for hydroxylation is 1. The van der Waals surface area contributed by atoms with Gasteiger partial charge in [-0.25, -0.2) is 0 Å². The highest BCUT2D eigenvalue weighted by molar-refractivity contribution is 6.31. The third-order valence-corrected chi connectivity index (χ3v) is 1.64. The van der Waals surface area contributed by atoms with Crippen molar-refractivity contribution in [1.82, 2.24) is 0 Å². The van der Waals surface area contributed by atoms with Gasteiger partial charge in [0.1, 0.15) is 0 Å². The molecule has 0 aromatic heterocycles. The van der Waals surface area contributed by atoms with Crippen LogP contribution in [0.25, 0.3) is 0 Å². The van der Waals surface area contributed by atoms with Gasteiger partial charge in [-0.05, 0) is 25.1 Å². The van der Waals surface area contributed by atoms with Crippen molar-refractivity contribution in [3.8, 4) is 0 Å². The molecule has 10 heavy (non-hydrogen) atoms. The summed E-state index contributed by atoms with van der Waals surface area (Å²) in [5, 5.41) is 0.709. The van der Waals surface area contributed by atoms with Crippen molar-refractivity contribution in [2.75, 3.05) is 0 Å². The monoisotopic (exact) mass is 151 g/mol. The molecule has 0 fully saturated rings. The fourth-order valence-electron chi connectivity index (χ4n) is 0.775. The lowest BCUT2D eigenvalue weighted by Crippen LogP contribution is -1.77. The zero-order valence-electron chi connectivity index (χ0n) is 5.82. The van der Waals surface area contributed by atoms with Crippen LogP contribution in [0.4, 0.5) is 0 Å². The van der Waals surface area contributed by atoms with Gasteiger partial charge in [-0.2, -0.15) is 0 Å². The van der Waals surface area contributed by atoms with Crippen LogP contribution in [0.5, 0.6) is 0 Å². The number of rotatable bonds is 1. The second-order valence-corrected chi connectivity index (χ2v) is 2.57. The minimum Gasteiger partial charge on any atom is -0.0905 e. The molecule has 0 saturated carbocycles. The second kappa shape index (κ2) is 2.89. The summed E-state index contributed by atoms with van der Waals surface area (Å²) in [6.45, 7) is 5.53. The van der Waals surface area contributed by atoms with Crippen LogP contribution in [0.15, 0.2) is 24.8 Å². The van der Waals surface area contributed by atoms with Gasteiger partial charge in [0.25, 0.3) is 0 Å². The molecular formula is C9H8Cl. The van der Waals surface area contributed by atoms with E-state index >= 15 is 0 Å². The van der Waals surface area contributed by atoms with E-state index in [-0.39, 0.29) is 0 Å². The Bertz CT molecular complexity index is 251. The predicted octanol–water partition coefficient (Wildman–Crippen LogP) is 2.99. The predicted molar refractivity (Wildman–Crippen MR) is 44.2 cm³/mol. The molecule has 1 rings (SSSR count). The zero-order chi connectivity index (χ0) is 7.56. The molecule has 0 amide bonds. The molecule has 0 aliphatic heterocycles. The Morgan fingerprint density at radius 1 is 1.50 bits per heavy atom. The molecule has 0 N–H and O–H groups in total. The highest BCUT2D eigenvalue weighted by Gasteiger charge is 1.94. The molecule has 0 saturated heterocycles. The summed E-state index contributed by atoms with van der Waals surface area (Å²) in [5.41, 5.74) is 2.05. The largest absolute Gasteiger partial charge is 0.0905 e. The first kappa shape index (κ1) is 7.36. The van der Waals surface area contributed by atoms with Crippen LogP contribution in [-0.4, -0.2) is 0 Å². The van der Waals surface area contributed by atoms with E-state index in [4.69, 9.17) is 11.6 Å². The van der Waals surface area contributed by atoms with E-state index in [2.05, 4.69) is 12.7 Å². The van der Waals surface area contributed by atoms with E-state index in [0.717, 1.165) is 5.56 Å². The Labute approximate surface area is 66.1 Å². The van der Waals surface area contributed by atoms with E-state index in [1.54, 1.807) is 0 Å². The summed E-state index contributed by atoms with van der Waals surface area (Å²) in [5.74, 6) is 0. The lowest BCUT2D eigenvalue weighted by Gasteiger charge is -1.97. The first-order chi connectivity index (χ1) is 4.74. The van der Waals surface area contributed by atoms with Crippen molar-refractivity contribution in [2.45, 2.75) is 6.92 Å². The summed E-state index contributed by atoms with van der Waals surface area (Å²) in [6.07, 6.45) is 2.75. The van der Waals surface area contributed by atoms with E-state index in [1.165, 1.54) is 5.56 Å². The Morgan fingerprint density at radius 3 is 2.70 bits per heavy atom. The maximum atomic E-state index is 5.79. The van der Waals surface area contributed by atoms with Gasteiger partial charge in [0.05, 0.1) is 0 Å². The molecule has 1 aromatic rings. The third-order valence-electron chi connectivity index (χ3n) is 1.31. The van der Waals surface area contributed by atoms with Crippen LogP contribution in [-0.2, 0) is 0 Å². The fraction of sp³-hybridized carbons (Fsp3) is 0.111. The molecule has 1 heteroatoms. The average Bonchev–Trinajstić information content (AvgIpc) is 1.94. The van der Waals surface area contributed by atoms with Crippen molar-refractivity contribution in [3.05, 3.63) is 47.0 Å². The summed E-state index contributed by atoms with van der Waals surface area (Å²) in [6, 6.07) is 5.77. The van der Waals surface area contributed by atoms with E-state index < -0.39 is 0 Å². The van der Waals surface area contributed by atoms with E-state index in [0.29, 0.717) is 5.02 Å². The molecule has 0 bridgehead atoms. The highest BCUT2D eigenvalue weighted by Crippen LogP contribution is 2.16. The number of hydrogen-bond donors (Lipinski definition) is 0. The number of halogens is 1. The molecule has 0 aliphatic carbocycles. The highest BCUT2D eigenvalue weighted by atomic mass is 35.5. The van der Waals surface area contributed by atoms with Crippen LogP contribution in [0, 0.1) is 13.0 Å². The molecular weight excluding hydrogens is 144 g/mol. The van der Waals surface area contributed by atoms with Crippen LogP contribution < -0.4 is 0 Å². The molecule has 0 aliphatic rings. The Hall–Kier alpha value is -0.750. The Kier molecular flexibility index (Phi) is 2.13. The van der Waals surface area contributed by atoms with E-state index in [1.807, 2.05) is 25.1 Å². The SMILES string of the molecule is C=[C]c1cc(C)ccc1Cl. The molecule has 51 valence electrons. The zero-order valence-corrected chi connectivity index (χ0v) is 6.57. The minimum absolute atomic E-state index is 0.709. The van der Waals surface area contributed by atoms with Gasteiger partial charge < -0.3 is 0 Å². The Balaban J connectivity index is 3.21. The third kappa shape index (κ3) is 1.39. The molecule has 1 aromatic carbocycles. The van der Waals surface area contributed by atoms with Crippen LogP contribution in [0.3, 0.4) is 0 Å². The molecule has 0 heterocycles. The van der Waals surface area contributed by atoms with Gasteiger partial charge in [-0.1, -0.05) is 29.8 Å². The summed E-state index contributed by atoms with van der Waals surface area (Å²) < 4.78 is 0. The minimum atomic E-state index is 0.709. The topological polar surface area (TPSA) is 0 Å². The van der Waals surface area contributed by atoms with E-state index in [9.17, 15) is 0 Å². The van der Waals surface area contributed by atoms with Crippen molar-refractivity contribution in [1.29, 1.82) is 0 Å².